The van der Waals surface area contributed by atoms with Crippen LogP contribution in [0.4, 0.5) is 5.13 Å². The van der Waals surface area contributed by atoms with E-state index in [2.05, 4.69) is 15.6 Å². The molecule has 5 aliphatic carbocycles. The summed E-state index contributed by atoms with van der Waals surface area (Å²) in [4.78, 5) is 32.2. The number of anilines is 1. The van der Waals surface area contributed by atoms with Crippen molar-refractivity contribution < 1.29 is 9.59 Å². The van der Waals surface area contributed by atoms with E-state index in [9.17, 15) is 9.59 Å². The van der Waals surface area contributed by atoms with Gasteiger partial charge in [-0.3, -0.25) is 9.59 Å². The third kappa shape index (κ3) is 3.17. The van der Waals surface area contributed by atoms with Crippen molar-refractivity contribution in [3.8, 4) is 0 Å². The van der Waals surface area contributed by atoms with Crippen LogP contribution in [0.15, 0.2) is 0 Å². The molecule has 28 heavy (non-hydrogen) atoms. The molecule has 0 aromatic carbocycles. The molecular weight excluding hydrogens is 370 g/mol. The standard InChI is InChI=1S/C22H31N3O2S/c1-12(2)18(19(26)25-21-23-16-4-3-5-17(16)28-21)24-20(27)22-9-13-6-14(10-22)8-15(7-13)11-22/h12-15,18H,3-11H2,1-2H3,(H,24,27)(H,23,25,26)/t13?,14?,15?,18-,22?/m0/s1. The highest BCUT2D eigenvalue weighted by atomic mass is 32.1. The van der Waals surface area contributed by atoms with Crippen molar-refractivity contribution in [2.45, 2.75) is 77.7 Å². The molecule has 0 radical (unpaired) electrons. The maximum atomic E-state index is 13.4. The predicted octanol–water partition coefficient (Wildman–Crippen LogP) is 3.93. The number of nitrogens with one attached hydrogen (secondary N) is 2. The largest absolute Gasteiger partial charge is 0.344 e. The Bertz CT molecular complexity index is 743. The molecule has 0 unspecified atom stereocenters. The van der Waals surface area contributed by atoms with Crippen molar-refractivity contribution in [3.63, 3.8) is 0 Å². The van der Waals surface area contributed by atoms with Gasteiger partial charge in [0.05, 0.1) is 5.69 Å². The molecular formula is C22H31N3O2S. The Kier molecular flexibility index (Phi) is 4.53. The second-order valence-electron chi connectivity index (χ2n) is 10.1. The molecule has 1 atom stereocenters. The number of aromatic nitrogens is 1. The van der Waals surface area contributed by atoms with Crippen LogP contribution in [0.1, 0.15) is 69.4 Å². The number of amides is 2. The van der Waals surface area contributed by atoms with Crippen LogP contribution in [0.25, 0.3) is 0 Å². The first-order valence-electron chi connectivity index (χ1n) is 11.0. The molecule has 2 amide bonds. The monoisotopic (exact) mass is 401 g/mol. The van der Waals surface area contributed by atoms with E-state index < -0.39 is 6.04 Å². The molecule has 6 rings (SSSR count). The molecule has 1 aromatic heterocycles. The van der Waals surface area contributed by atoms with Crippen LogP contribution >= 0.6 is 11.3 Å². The van der Waals surface area contributed by atoms with E-state index in [1.807, 2.05) is 13.8 Å². The Morgan fingerprint density at radius 3 is 2.29 bits per heavy atom. The van der Waals surface area contributed by atoms with Crippen molar-refractivity contribution in [2.24, 2.45) is 29.1 Å². The average molecular weight is 402 g/mol. The molecule has 152 valence electrons. The van der Waals surface area contributed by atoms with E-state index in [1.54, 1.807) is 11.3 Å². The Morgan fingerprint density at radius 1 is 1.07 bits per heavy atom. The number of hydrogen-bond acceptors (Lipinski definition) is 4. The van der Waals surface area contributed by atoms with Crippen molar-refractivity contribution in [2.75, 3.05) is 5.32 Å². The fourth-order valence-corrected chi connectivity index (χ4v) is 7.70. The smallest absolute Gasteiger partial charge is 0.248 e. The number of carbonyl (C=O) groups excluding carboxylic acids is 2. The number of nitrogens with zero attached hydrogens (tertiary/aromatic N) is 1. The van der Waals surface area contributed by atoms with Crippen LogP contribution in [-0.4, -0.2) is 22.8 Å². The van der Waals surface area contributed by atoms with Crippen LogP contribution in [0.3, 0.4) is 0 Å². The lowest BCUT2D eigenvalue weighted by Crippen LogP contribution is -2.57. The summed E-state index contributed by atoms with van der Waals surface area (Å²) in [5.74, 6) is 2.22. The lowest BCUT2D eigenvalue weighted by Gasteiger charge is -2.55. The van der Waals surface area contributed by atoms with E-state index >= 15 is 0 Å². The number of carbonyl (C=O) groups is 2. The topological polar surface area (TPSA) is 71.1 Å². The van der Waals surface area contributed by atoms with E-state index in [-0.39, 0.29) is 23.1 Å². The van der Waals surface area contributed by atoms with Crippen molar-refractivity contribution in [1.82, 2.24) is 10.3 Å². The lowest BCUT2D eigenvalue weighted by atomic mass is 9.49. The van der Waals surface area contributed by atoms with Gasteiger partial charge in [-0.25, -0.2) is 4.98 Å². The summed E-state index contributed by atoms with van der Waals surface area (Å²) in [6, 6.07) is -0.501. The normalized spacial score (nSPS) is 33.8. The molecule has 4 saturated carbocycles. The summed E-state index contributed by atoms with van der Waals surface area (Å²) in [6.45, 7) is 4.01. The fraction of sp³-hybridized carbons (Fsp3) is 0.773. The minimum absolute atomic E-state index is 0.0460. The van der Waals surface area contributed by atoms with Gasteiger partial charge < -0.3 is 10.6 Å². The summed E-state index contributed by atoms with van der Waals surface area (Å²) in [7, 11) is 0. The minimum Gasteiger partial charge on any atom is -0.344 e. The molecule has 4 fully saturated rings. The summed E-state index contributed by atoms with van der Waals surface area (Å²) in [5, 5.41) is 6.84. The molecule has 1 heterocycles. The highest BCUT2D eigenvalue weighted by molar-refractivity contribution is 7.15. The maximum absolute atomic E-state index is 13.4. The zero-order valence-corrected chi connectivity index (χ0v) is 17.7. The van der Waals surface area contributed by atoms with E-state index in [4.69, 9.17) is 0 Å². The molecule has 5 nitrogen and oxygen atoms in total. The van der Waals surface area contributed by atoms with Crippen LogP contribution in [0.5, 0.6) is 0 Å². The van der Waals surface area contributed by atoms with Crippen LogP contribution < -0.4 is 10.6 Å². The Balaban J connectivity index is 1.28. The van der Waals surface area contributed by atoms with E-state index in [0.29, 0.717) is 5.13 Å². The quantitative estimate of drug-likeness (QED) is 0.785. The molecule has 5 aliphatic rings. The third-order valence-corrected chi connectivity index (χ3v) is 8.65. The van der Waals surface area contributed by atoms with Crippen LogP contribution in [0, 0.1) is 29.1 Å². The summed E-state index contributed by atoms with van der Waals surface area (Å²) in [5.41, 5.74) is 0.920. The number of hydrogen-bond donors (Lipinski definition) is 2. The van der Waals surface area contributed by atoms with Gasteiger partial charge >= 0.3 is 0 Å². The van der Waals surface area contributed by atoms with Gasteiger partial charge in [-0.15, -0.1) is 11.3 Å². The zero-order valence-electron chi connectivity index (χ0n) is 16.9. The third-order valence-electron chi connectivity index (χ3n) is 7.58. The Hall–Kier alpha value is -1.43. The predicted molar refractivity (Wildman–Crippen MR) is 110 cm³/mol. The van der Waals surface area contributed by atoms with Gasteiger partial charge in [-0.05, 0) is 81.5 Å². The molecule has 0 spiro atoms. The first-order chi connectivity index (χ1) is 13.4. The van der Waals surface area contributed by atoms with Gasteiger partial charge in [-0.1, -0.05) is 13.8 Å². The lowest BCUT2D eigenvalue weighted by molar-refractivity contribution is -0.148. The number of thiazole rings is 1. The molecule has 6 heteroatoms. The highest BCUT2D eigenvalue weighted by Gasteiger charge is 2.55. The SMILES string of the molecule is CC(C)[C@H](NC(=O)C12CC3CC(CC(C3)C1)C2)C(=O)Nc1nc2c(s1)CCC2. The maximum Gasteiger partial charge on any atom is 0.248 e. The molecule has 0 aliphatic heterocycles. The van der Waals surface area contributed by atoms with E-state index in [1.165, 1.54) is 24.1 Å². The Morgan fingerprint density at radius 2 is 1.71 bits per heavy atom. The number of fused-ring (bicyclic) bond motifs is 1. The van der Waals surface area contributed by atoms with Crippen molar-refractivity contribution >= 4 is 28.3 Å². The first-order valence-corrected chi connectivity index (χ1v) is 11.8. The molecule has 4 bridgehead atoms. The summed E-state index contributed by atoms with van der Waals surface area (Å²) in [6.07, 6.45) is 10.3. The molecule has 2 N–H and O–H groups in total. The molecule has 1 aromatic rings. The van der Waals surface area contributed by atoms with Crippen molar-refractivity contribution in [3.05, 3.63) is 10.6 Å². The fourth-order valence-electron chi connectivity index (χ4n) is 6.65. The van der Waals surface area contributed by atoms with E-state index in [0.717, 1.165) is 62.0 Å². The number of rotatable bonds is 5. The number of aryl methyl sites for hydroxylation is 2. The highest BCUT2D eigenvalue weighted by Crippen LogP contribution is 2.60. The second kappa shape index (κ2) is 6.82. The second-order valence-corrected chi connectivity index (χ2v) is 11.2. The van der Waals surface area contributed by atoms with Gasteiger partial charge in [0.15, 0.2) is 5.13 Å². The summed E-state index contributed by atoms with van der Waals surface area (Å²) < 4.78 is 0. The van der Waals surface area contributed by atoms with Gasteiger partial charge in [0.2, 0.25) is 11.8 Å². The van der Waals surface area contributed by atoms with Gasteiger partial charge in [0.25, 0.3) is 0 Å². The summed E-state index contributed by atoms with van der Waals surface area (Å²) >= 11 is 1.59. The van der Waals surface area contributed by atoms with Crippen molar-refractivity contribution in [1.29, 1.82) is 0 Å². The minimum atomic E-state index is -0.501. The first kappa shape index (κ1) is 18.6. The Labute approximate surface area is 171 Å². The van der Waals surface area contributed by atoms with Gasteiger partial charge in [0.1, 0.15) is 6.04 Å². The van der Waals surface area contributed by atoms with Gasteiger partial charge in [-0.2, -0.15) is 0 Å². The van der Waals surface area contributed by atoms with Crippen LogP contribution in [0.2, 0.25) is 0 Å². The molecule has 0 saturated heterocycles. The average Bonchev–Trinajstić information content (AvgIpc) is 3.19. The van der Waals surface area contributed by atoms with Crippen LogP contribution in [-0.2, 0) is 22.4 Å². The van der Waals surface area contributed by atoms with Gasteiger partial charge in [0, 0.05) is 10.3 Å². The zero-order chi connectivity index (χ0) is 19.5.